The highest BCUT2D eigenvalue weighted by Gasteiger charge is 2.25. The van der Waals surface area contributed by atoms with Crippen molar-refractivity contribution in [3.8, 4) is 0 Å². The number of hydrogen-bond acceptors (Lipinski definition) is 7. The van der Waals surface area contributed by atoms with E-state index in [1.165, 1.54) is 0 Å². The minimum Gasteiger partial charge on any atom is -0.477 e. The molecule has 1 N–H and O–H groups in total. The van der Waals surface area contributed by atoms with E-state index in [1.54, 1.807) is 0 Å². The second-order valence-corrected chi connectivity index (χ2v) is 22.0. The minimum absolute atomic E-state index is 0.168. The zero-order valence-corrected chi connectivity index (χ0v) is 53.9. The Kier molecular flexibility index (Phi) is 59.7. The van der Waals surface area contributed by atoms with Crippen LogP contribution in [0.2, 0.25) is 0 Å². The minimum atomic E-state index is -1.54. The van der Waals surface area contributed by atoms with Gasteiger partial charge in [0.05, 0.1) is 34.4 Å². The first-order valence-electron chi connectivity index (χ1n) is 32.6. The Morgan fingerprint density at radius 2 is 0.635 bits per heavy atom. The monoisotopic (exact) mass is 1170 g/mol. The van der Waals surface area contributed by atoms with E-state index < -0.39 is 24.3 Å². The van der Waals surface area contributed by atoms with Gasteiger partial charge in [-0.15, -0.1) is 0 Å². The largest absolute Gasteiger partial charge is 0.477 e. The highest BCUT2D eigenvalue weighted by atomic mass is 16.7. The summed E-state index contributed by atoms with van der Waals surface area (Å²) in [7, 11) is 5.94. The summed E-state index contributed by atoms with van der Waals surface area (Å²) >= 11 is 0. The summed E-state index contributed by atoms with van der Waals surface area (Å²) in [4.78, 5) is 37.6. The molecule has 0 saturated carbocycles. The van der Waals surface area contributed by atoms with Gasteiger partial charge in [0.15, 0.2) is 6.10 Å². The lowest BCUT2D eigenvalue weighted by Gasteiger charge is -2.25. The van der Waals surface area contributed by atoms with Crippen molar-refractivity contribution in [3.63, 3.8) is 0 Å². The van der Waals surface area contributed by atoms with Crippen LogP contribution >= 0.6 is 0 Å². The number of carboxylic acid groups (broad SMARTS) is 1. The molecule has 2 atom stereocenters. The number of carbonyl (C=O) groups excluding carboxylic acids is 2. The summed E-state index contributed by atoms with van der Waals surface area (Å²) in [6.07, 6.45) is 96.6. The number of quaternary nitrogens is 1. The lowest BCUT2D eigenvalue weighted by atomic mass is 10.1. The Morgan fingerprint density at radius 3 is 0.941 bits per heavy atom. The highest BCUT2D eigenvalue weighted by molar-refractivity contribution is 5.71. The van der Waals surface area contributed by atoms with E-state index in [9.17, 15) is 19.5 Å². The number of aliphatic carboxylic acids is 1. The molecule has 2 unspecified atom stereocenters. The van der Waals surface area contributed by atoms with Gasteiger partial charge in [0, 0.05) is 12.8 Å². The van der Waals surface area contributed by atoms with Gasteiger partial charge in [-0.05, 0) is 141 Å². The first-order chi connectivity index (χ1) is 41.6. The van der Waals surface area contributed by atoms with E-state index in [2.05, 4.69) is 208 Å². The van der Waals surface area contributed by atoms with Crippen LogP contribution in [0.4, 0.5) is 0 Å². The molecule has 0 amide bonds. The zero-order valence-electron chi connectivity index (χ0n) is 53.9. The summed E-state index contributed by atoms with van der Waals surface area (Å²) in [5.74, 6) is -2.09. The Balaban J connectivity index is 4.35. The molecule has 0 saturated heterocycles. The normalized spacial score (nSPS) is 14.0. The summed E-state index contributed by atoms with van der Waals surface area (Å²) in [6.45, 7) is 4.57. The van der Waals surface area contributed by atoms with Gasteiger partial charge in [-0.1, -0.05) is 247 Å². The maximum Gasteiger partial charge on any atom is 0.361 e. The second-order valence-electron chi connectivity index (χ2n) is 22.0. The number of esters is 2. The van der Waals surface area contributed by atoms with E-state index >= 15 is 0 Å². The molecular formula is C76H118NO8+. The molecule has 0 aliphatic carbocycles. The fraction of sp³-hybridized carbons (Fsp3) is 0.539. The van der Waals surface area contributed by atoms with Crippen LogP contribution in [-0.2, 0) is 33.3 Å². The van der Waals surface area contributed by atoms with Crippen molar-refractivity contribution >= 4 is 17.9 Å². The number of nitrogens with zero attached hydrogens (tertiary/aromatic N) is 1. The Labute approximate surface area is 519 Å². The molecule has 9 nitrogen and oxygen atoms in total. The van der Waals surface area contributed by atoms with Gasteiger partial charge in [-0.2, -0.15) is 0 Å². The van der Waals surface area contributed by atoms with Crippen LogP contribution in [0.1, 0.15) is 206 Å². The Morgan fingerprint density at radius 1 is 0.353 bits per heavy atom. The highest BCUT2D eigenvalue weighted by Crippen LogP contribution is 2.13. The fourth-order valence-electron chi connectivity index (χ4n) is 7.93. The summed E-state index contributed by atoms with van der Waals surface area (Å²) < 4.78 is 22.9. The number of unbranched alkanes of at least 4 members (excludes halogenated alkanes) is 10. The van der Waals surface area contributed by atoms with Gasteiger partial charge in [0.2, 0.25) is 0 Å². The van der Waals surface area contributed by atoms with Gasteiger partial charge in [-0.25, -0.2) is 4.79 Å². The summed E-state index contributed by atoms with van der Waals surface area (Å²) in [5, 5.41) is 9.73. The van der Waals surface area contributed by atoms with Gasteiger partial charge in [0.1, 0.15) is 13.2 Å². The lowest BCUT2D eigenvalue weighted by molar-refractivity contribution is -0.870. The molecule has 474 valence electrons. The van der Waals surface area contributed by atoms with Crippen molar-refractivity contribution in [1.29, 1.82) is 0 Å². The van der Waals surface area contributed by atoms with Crippen LogP contribution in [0.15, 0.2) is 194 Å². The third-order valence-corrected chi connectivity index (χ3v) is 12.8. The first kappa shape index (κ1) is 79.1. The van der Waals surface area contributed by atoms with Crippen LogP contribution in [0, 0.1) is 0 Å². The molecule has 0 aromatic rings. The van der Waals surface area contributed by atoms with Crippen LogP contribution in [0.3, 0.4) is 0 Å². The molecule has 0 aliphatic rings. The Bertz CT molecular complexity index is 2090. The number of hydrogen-bond donors (Lipinski definition) is 1. The molecule has 0 spiro atoms. The quantitative estimate of drug-likeness (QED) is 0.0211. The molecule has 0 aromatic heterocycles. The average molecular weight is 1170 g/mol. The second kappa shape index (κ2) is 64.1. The topological polar surface area (TPSA) is 108 Å². The van der Waals surface area contributed by atoms with Crippen LogP contribution in [-0.4, -0.2) is 87.4 Å². The number of likely N-dealkylation sites (N-methyl/N-ethyl adjacent to an activating group) is 1. The number of carboxylic acids is 1. The van der Waals surface area contributed by atoms with Crippen molar-refractivity contribution in [2.24, 2.45) is 0 Å². The maximum atomic E-state index is 12.9. The lowest BCUT2D eigenvalue weighted by Crippen LogP contribution is -2.40. The van der Waals surface area contributed by atoms with Crippen molar-refractivity contribution in [1.82, 2.24) is 0 Å². The molecule has 0 bridgehead atoms. The third kappa shape index (κ3) is 65.5. The first-order valence-corrected chi connectivity index (χ1v) is 32.6. The van der Waals surface area contributed by atoms with Crippen molar-refractivity contribution in [2.75, 3.05) is 47.5 Å². The van der Waals surface area contributed by atoms with Crippen LogP contribution in [0.5, 0.6) is 0 Å². The number of ether oxygens (including phenoxy) is 4. The zero-order chi connectivity index (χ0) is 61.9. The van der Waals surface area contributed by atoms with Gasteiger partial charge < -0.3 is 28.5 Å². The summed E-state index contributed by atoms with van der Waals surface area (Å²) in [6, 6.07) is 0. The number of allylic oxidation sites excluding steroid dienone is 32. The molecule has 0 aliphatic heterocycles. The maximum absolute atomic E-state index is 12.9. The van der Waals surface area contributed by atoms with E-state index in [0.29, 0.717) is 23.9 Å². The van der Waals surface area contributed by atoms with Crippen molar-refractivity contribution < 1.29 is 42.9 Å². The van der Waals surface area contributed by atoms with Gasteiger partial charge >= 0.3 is 17.9 Å². The molecule has 9 heteroatoms. The van der Waals surface area contributed by atoms with Gasteiger partial charge in [-0.3, -0.25) is 9.59 Å². The Hall–Kier alpha value is -5.87. The molecule has 0 rings (SSSR count). The van der Waals surface area contributed by atoms with E-state index in [-0.39, 0.29) is 38.6 Å². The van der Waals surface area contributed by atoms with Crippen molar-refractivity contribution in [2.45, 2.75) is 219 Å². The predicted octanol–water partition coefficient (Wildman–Crippen LogP) is 20.2. The standard InChI is InChI=1S/C76H117NO8/c1-6-8-10-12-14-16-18-20-22-24-26-28-30-32-34-35-36-37-38-39-41-43-45-47-49-51-53-55-57-59-61-63-65-67-74(79)85-72(71-84-76(75(80)81)82-69-68-77(3,4)5)70-83-73(78)66-64-62-60-58-56-54-52-50-48-46-44-42-40-33-31-29-27-25-23-21-19-17-15-13-11-9-7-2/h8-11,14-17,20-23,26-29,32-34,36-37,39-41,44-47,50-53,72,76H,6-7,12-13,18-19,24-25,30-31,35,38,42-43,48-49,54-71H2,1-5H3/p+1/b10-8-,11-9-,16-14-,17-15-,22-20-,23-21-,28-26-,29-27-,34-32-,37-36-,40-33-,41-39-,46-44-,47-45-,52-50-,53-51-. The smallest absolute Gasteiger partial charge is 0.361 e. The van der Waals surface area contributed by atoms with Crippen LogP contribution < -0.4 is 0 Å². The van der Waals surface area contributed by atoms with E-state index in [4.69, 9.17) is 18.9 Å². The SMILES string of the molecule is CC/C=C\C/C=C\C/C=C\C/C=C\C/C=C\C/C=C\C/C=C\C/C=C\C/C=C\CCCCCCCC(=O)OC(COC(=O)CCCCCCC/C=C\C/C=C\C/C=C\C/C=C\C/C=C\C/C=C\C/C=C\CC)COC(OCC[N+](C)(C)C)C(=O)O. The average Bonchev–Trinajstić information content (AvgIpc) is 3.49. The van der Waals surface area contributed by atoms with Crippen molar-refractivity contribution in [3.05, 3.63) is 194 Å². The van der Waals surface area contributed by atoms with E-state index in [0.717, 1.165) is 167 Å². The number of carbonyl (C=O) groups is 3. The molecule has 0 fully saturated rings. The molecule has 85 heavy (non-hydrogen) atoms. The molecule has 0 radical (unpaired) electrons. The number of rotatable bonds is 57. The third-order valence-electron chi connectivity index (χ3n) is 12.8. The van der Waals surface area contributed by atoms with Crippen LogP contribution in [0.25, 0.3) is 0 Å². The fourth-order valence-corrected chi connectivity index (χ4v) is 7.93. The molecule has 0 heterocycles. The van der Waals surface area contributed by atoms with E-state index in [1.807, 2.05) is 21.1 Å². The van der Waals surface area contributed by atoms with Gasteiger partial charge in [0.25, 0.3) is 6.29 Å². The summed E-state index contributed by atoms with van der Waals surface area (Å²) in [5.41, 5.74) is 0. The molecular weight excluding hydrogens is 1050 g/mol. The molecule has 0 aromatic carbocycles. The predicted molar refractivity (Wildman–Crippen MR) is 363 cm³/mol.